The van der Waals surface area contributed by atoms with Gasteiger partial charge in [0.2, 0.25) is 0 Å². The molecular formula is C10H12N4. The topological polar surface area (TPSA) is 54.5 Å². The van der Waals surface area contributed by atoms with Crippen molar-refractivity contribution in [3.8, 4) is 0 Å². The van der Waals surface area contributed by atoms with Crippen LogP contribution in [0.5, 0.6) is 0 Å². The van der Waals surface area contributed by atoms with Crippen molar-refractivity contribution in [2.45, 2.75) is 31.6 Å². The lowest BCUT2D eigenvalue weighted by Crippen LogP contribution is -1.97. The molecule has 0 atom stereocenters. The molecule has 0 radical (unpaired) electrons. The second-order valence-corrected chi connectivity index (χ2v) is 3.85. The average molecular weight is 188 g/mol. The van der Waals surface area contributed by atoms with Gasteiger partial charge in [0.15, 0.2) is 11.3 Å². The molecule has 4 heteroatoms. The number of nitrogens with one attached hydrogen (secondary N) is 1. The Morgan fingerprint density at radius 1 is 1.21 bits per heavy atom. The minimum absolute atomic E-state index is 0.621. The molecule has 2 aromatic heterocycles. The second-order valence-electron chi connectivity index (χ2n) is 3.85. The Morgan fingerprint density at radius 3 is 2.93 bits per heavy atom. The van der Waals surface area contributed by atoms with Crippen molar-refractivity contribution in [1.82, 2.24) is 19.9 Å². The van der Waals surface area contributed by atoms with Crippen LogP contribution in [0.1, 0.15) is 37.3 Å². The second kappa shape index (κ2) is 3.04. The quantitative estimate of drug-likeness (QED) is 0.744. The number of fused-ring (bicyclic) bond motifs is 1. The van der Waals surface area contributed by atoms with Crippen LogP contribution in [0.3, 0.4) is 0 Å². The summed E-state index contributed by atoms with van der Waals surface area (Å²) in [4.78, 5) is 15.9. The number of hydrogen-bond acceptors (Lipinski definition) is 3. The molecule has 2 aromatic rings. The maximum absolute atomic E-state index is 4.54. The summed E-state index contributed by atoms with van der Waals surface area (Å²) in [6.45, 7) is 0. The van der Waals surface area contributed by atoms with Gasteiger partial charge in [0.1, 0.15) is 0 Å². The standard InChI is InChI=1S/C10H12N4/c1-2-4-7(3-1)8-5-11-9-10(14-8)13-6-12-9/h5-7H,1-4H2,(H,11,12,13,14). The van der Waals surface area contributed by atoms with Crippen LogP contribution in [0.2, 0.25) is 0 Å². The van der Waals surface area contributed by atoms with Crippen LogP contribution in [-0.2, 0) is 0 Å². The first-order chi connectivity index (χ1) is 6.93. The van der Waals surface area contributed by atoms with Gasteiger partial charge >= 0.3 is 0 Å². The highest BCUT2D eigenvalue weighted by Crippen LogP contribution is 2.32. The monoisotopic (exact) mass is 188 g/mol. The summed E-state index contributed by atoms with van der Waals surface area (Å²) in [5.74, 6) is 0.621. The van der Waals surface area contributed by atoms with Crippen LogP contribution in [0.25, 0.3) is 11.3 Å². The molecule has 0 saturated heterocycles. The molecule has 0 amide bonds. The molecule has 1 saturated carbocycles. The summed E-state index contributed by atoms with van der Waals surface area (Å²) in [5, 5.41) is 0. The van der Waals surface area contributed by atoms with Gasteiger partial charge in [0.05, 0.1) is 18.2 Å². The van der Waals surface area contributed by atoms with Crippen LogP contribution in [0.4, 0.5) is 0 Å². The van der Waals surface area contributed by atoms with E-state index in [1.165, 1.54) is 25.7 Å². The molecule has 0 spiro atoms. The number of aromatic nitrogens is 4. The molecule has 1 fully saturated rings. The summed E-state index contributed by atoms with van der Waals surface area (Å²) >= 11 is 0. The van der Waals surface area contributed by atoms with E-state index in [1.54, 1.807) is 6.33 Å². The predicted molar refractivity (Wildman–Crippen MR) is 52.9 cm³/mol. The lowest BCUT2D eigenvalue weighted by molar-refractivity contribution is 0.696. The molecule has 0 aromatic carbocycles. The van der Waals surface area contributed by atoms with E-state index in [4.69, 9.17) is 0 Å². The van der Waals surface area contributed by atoms with E-state index in [-0.39, 0.29) is 0 Å². The highest BCUT2D eigenvalue weighted by atomic mass is 15.0. The molecule has 0 unspecified atom stereocenters. The lowest BCUT2D eigenvalue weighted by Gasteiger charge is -2.06. The van der Waals surface area contributed by atoms with Gasteiger partial charge in [-0.15, -0.1) is 0 Å². The minimum Gasteiger partial charge on any atom is -0.328 e. The average Bonchev–Trinajstić information content (AvgIpc) is 2.88. The molecule has 1 aliphatic rings. The van der Waals surface area contributed by atoms with Crippen molar-refractivity contribution >= 4 is 11.3 Å². The van der Waals surface area contributed by atoms with Gasteiger partial charge in [-0.1, -0.05) is 12.8 Å². The predicted octanol–water partition coefficient (Wildman–Crippen LogP) is 2.01. The molecule has 72 valence electrons. The number of H-pyrrole nitrogens is 1. The first kappa shape index (κ1) is 7.91. The Kier molecular flexibility index (Phi) is 1.72. The van der Waals surface area contributed by atoms with E-state index in [0.717, 1.165) is 11.3 Å². The van der Waals surface area contributed by atoms with Gasteiger partial charge in [0, 0.05) is 5.92 Å². The number of hydrogen-bond donors (Lipinski definition) is 1. The summed E-state index contributed by atoms with van der Waals surface area (Å²) in [7, 11) is 0. The van der Waals surface area contributed by atoms with Crippen molar-refractivity contribution in [2.24, 2.45) is 0 Å². The molecule has 3 rings (SSSR count). The van der Waals surface area contributed by atoms with Crippen LogP contribution in [0, 0.1) is 0 Å². The smallest absolute Gasteiger partial charge is 0.197 e. The highest BCUT2D eigenvalue weighted by Gasteiger charge is 2.19. The van der Waals surface area contributed by atoms with Crippen molar-refractivity contribution in [3.63, 3.8) is 0 Å². The fourth-order valence-corrected chi connectivity index (χ4v) is 2.16. The summed E-state index contributed by atoms with van der Waals surface area (Å²) in [6.07, 6.45) is 8.69. The molecule has 0 aliphatic heterocycles. The first-order valence-electron chi connectivity index (χ1n) is 5.09. The molecular weight excluding hydrogens is 176 g/mol. The van der Waals surface area contributed by atoms with Crippen molar-refractivity contribution in [3.05, 3.63) is 18.2 Å². The molecule has 0 bridgehead atoms. The highest BCUT2D eigenvalue weighted by molar-refractivity contribution is 5.63. The molecule has 1 N–H and O–H groups in total. The van der Waals surface area contributed by atoms with Gasteiger partial charge in [-0.25, -0.2) is 15.0 Å². The molecule has 4 nitrogen and oxygen atoms in total. The van der Waals surface area contributed by atoms with E-state index in [1.807, 2.05) is 6.20 Å². The van der Waals surface area contributed by atoms with Gasteiger partial charge < -0.3 is 4.98 Å². The van der Waals surface area contributed by atoms with E-state index < -0.39 is 0 Å². The fraction of sp³-hybridized carbons (Fsp3) is 0.500. The fourth-order valence-electron chi connectivity index (χ4n) is 2.16. The third-order valence-electron chi connectivity index (χ3n) is 2.93. The van der Waals surface area contributed by atoms with Gasteiger partial charge in [-0.2, -0.15) is 0 Å². The number of aromatic amines is 1. The maximum Gasteiger partial charge on any atom is 0.197 e. The largest absolute Gasteiger partial charge is 0.328 e. The Bertz CT molecular complexity index is 442. The zero-order valence-electron chi connectivity index (χ0n) is 7.90. The number of rotatable bonds is 1. The van der Waals surface area contributed by atoms with E-state index in [0.29, 0.717) is 11.6 Å². The summed E-state index contributed by atoms with van der Waals surface area (Å²) in [5.41, 5.74) is 2.65. The van der Waals surface area contributed by atoms with Crippen LogP contribution in [-0.4, -0.2) is 19.9 Å². The van der Waals surface area contributed by atoms with Crippen molar-refractivity contribution in [1.29, 1.82) is 0 Å². The minimum atomic E-state index is 0.621. The zero-order valence-corrected chi connectivity index (χ0v) is 7.90. The van der Waals surface area contributed by atoms with Crippen molar-refractivity contribution < 1.29 is 0 Å². The van der Waals surface area contributed by atoms with E-state index >= 15 is 0 Å². The zero-order chi connectivity index (χ0) is 9.38. The molecule has 14 heavy (non-hydrogen) atoms. The van der Waals surface area contributed by atoms with Crippen LogP contribution in [0.15, 0.2) is 12.5 Å². The lowest BCUT2D eigenvalue weighted by atomic mass is 10.1. The van der Waals surface area contributed by atoms with E-state index in [2.05, 4.69) is 19.9 Å². The normalized spacial score (nSPS) is 18.0. The SMILES string of the molecule is c1nc2ncc(C3CCCC3)nc2[nH]1. The molecule has 2 heterocycles. The Hall–Kier alpha value is -1.45. The Labute approximate surface area is 81.8 Å². The third kappa shape index (κ3) is 1.18. The van der Waals surface area contributed by atoms with Gasteiger partial charge in [-0.05, 0) is 12.8 Å². The van der Waals surface area contributed by atoms with Crippen LogP contribution < -0.4 is 0 Å². The molecule has 1 aliphatic carbocycles. The summed E-state index contributed by atoms with van der Waals surface area (Å²) in [6, 6.07) is 0. The first-order valence-corrected chi connectivity index (χ1v) is 5.09. The van der Waals surface area contributed by atoms with Crippen LogP contribution >= 0.6 is 0 Å². The van der Waals surface area contributed by atoms with Gasteiger partial charge in [-0.3, -0.25) is 0 Å². The maximum atomic E-state index is 4.54. The Balaban J connectivity index is 2.04. The van der Waals surface area contributed by atoms with Gasteiger partial charge in [0.25, 0.3) is 0 Å². The number of nitrogens with zero attached hydrogens (tertiary/aromatic N) is 3. The number of imidazole rings is 1. The van der Waals surface area contributed by atoms with E-state index in [9.17, 15) is 0 Å². The summed E-state index contributed by atoms with van der Waals surface area (Å²) < 4.78 is 0. The third-order valence-corrected chi connectivity index (χ3v) is 2.93. The Morgan fingerprint density at radius 2 is 2.07 bits per heavy atom. The van der Waals surface area contributed by atoms with Crippen molar-refractivity contribution in [2.75, 3.05) is 0 Å².